The summed E-state index contributed by atoms with van der Waals surface area (Å²) in [7, 11) is 0. The molecule has 0 bridgehead atoms. The Balaban J connectivity index is 1.57. The van der Waals surface area contributed by atoms with Gasteiger partial charge in [-0.1, -0.05) is 11.6 Å². The summed E-state index contributed by atoms with van der Waals surface area (Å²) in [6, 6.07) is 2.87. The highest BCUT2D eigenvalue weighted by Gasteiger charge is 2.27. The summed E-state index contributed by atoms with van der Waals surface area (Å²) in [5.74, 6) is -0.516. The number of amides is 1. The van der Waals surface area contributed by atoms with E-state index in [1.807, 2.05) is 0 Å². The number of hydrogen-bond donors (Lipinski definition) is 0. The molecular formula is C17H21ClFNO3. The molecule has 126 valence electrons. The fraction of sp³-hybridized carbons (Fsp3) is 0.588. The molecule has 1 amide bonds. The number of rotatable bonds is 5. The highest BCUT2D eigenvalue weighted by Crippen LogP contribution is 2.35. The molecule has 23 heavy (non-hydrogen) atoms. The summed E-state index contributed by atoms with van der Waals surface area (Å²) >= 11 is 6.14. The lowest BCUT2D eigenvalue weighted by Gasteiger charge is -2.30. The Kier molecular flexibility index (Phi) is 5.51. The van der Waals surface area contributed by atoms with E-state index < -0.39 is 5.82 Å². The number of carbonyl (C=O) groups excluding carboxylic acids is 1. The van der Waals surface area contributed by atoms with Crippen LogP contribution in [0.15, 0.2) is 12.1 Å². The molecule has 1 unspecified atom stereocenters. The van der Waals surface area contributed by atoms with Gasteiger partial charge in [-0.15, -0.1) is 0 Å². The molecule has 6 heteroatoms. The summed E-state index contributed by atoms with van der Waals surface area (Å²) in [6.07, 6.45) is 3.95. The Morgan fingerprint density at radius 1 is 1.43 bits per heavy atom. The van der Waals surface area contributed by atoms with Crippen molar-refractivity contribution in [3.8, 4) is 0 Å². The van der Waals surface area contributed by atoms with Gasteiger partial charge in [0.15, 0.2) is 0 Å². The maximum Gasteiger partial charge on any atom is 0.229 e. The SMILES string of the molecule is O=C(CCOCC1CCCO1)N1CCCc2c(Cl)ccc(F)c21. The quantitative estimate of drug-likeness (QED) is 0.771. The first-order chi connectivity index (χ1) is 11.2. The zero-order valence-corrected chi connectivity index (χ0v) is 13.8. The van der Waals surface area contributed by atoms with Gasteiger partial charge in [0.1, 0.15) is 5.82 Å². The normalized spacial score (nSPS) is 20.6. The molecule has 1 saturated heterocycles. The van der Waals surface area contributed by atoms with E-state index in [1.165, 1.54) is 11.0 Å². The number of halogens is 2. The largest absolute Gasteiger partial charge is 0.378 e. The van der Waals surface area contributed by atoms with Crippen LogP contribution in [-0.2, 0) is 20.7 Å². The maximum atomic E-state index is 14.2. The first-order valence-electron chi connectivity index (χ1n) is 8.13. The Morgan fingerprint density at radius 3 is 3.09 bits per heavy atom. The summed E-state index contributed by atoms with van der Waals surface area (Å²) in [6.45, 7) is 2.16. The van der Waals surface area contributed by atoms with Gasteiger partial charge in [0.25, 0.3) is 0 Å². The Hall–Kier alpha value is -1.17. The molecule has 0 aliphatic carbocycles. The van der Waals surface area contributed by atoms with Crippen LogP contribution in [-0.4, -0.2) is 38.4 Å². The summed E-state index contributed by atoms with van der Waals surface area (Å²) in [5, 5.41) is 0.522. The van der Waals surface area contributed by atoms with E-state index in [0.717, 1.165) is 31.4 Å². The molecule has 3 rings (SSSR count). The zero-order chi connectivity index (χ0) is 16.2. The lowest BCUT2D eigenvalue weighted by molar-refractivity contribution is -0.120. The highest BCUT2D eigenvalue weighted by atomic mass is 35.5. The molecule has 0 radical (unpaired) electrons. The van der Waals surface area contributed by atoms with Gasteiger partial charge in [-0.2, -0.15) is 0 Å². The van der Waals surface area contributed by atoms with Crippen LogP contribution in [0.4, 0.5) is 10.1 Å². The Labute approximate surface area is 140 Å². The van der Waals surface area contributed by atoms with Crippen molar-refractivity contribution >= 4 is 23.2 Å². The molecule has 1 aromatic rings. The van der Waals surface area contributed by atoms with Gasteiger partial charge in [-0.25, -0.2) is 4.39 Å². The molecule has 0 N–H and O–H groups in total. The van der Waals surface area contributed by atoms with Gasteiger partial charge in [-0.05, 0) is 43.4 Å². The molecule has 1 atom stereocenters. The molecule has 0 spiro atoms. The van der Waals surface area contributed by atoms with Crippen molar-refractivity contribution in [3.05, 3.63) is 28.5 Å². The van der Waals surface area contributed by atoms with Crippen LogP contribution in [0.1, 0.15) is 31.2 Å². The van der Waals surface area contributed by atoms with Crippen LogP contribution in [0.2, 0.25) is 5.02 Å². The van der Waals surface area contributed by atoms with Crippen molar-refractivity contribution in [1.82, 2.24) is 0 Å². The van der Waals surface area contributed by atoms with Crippen LogP contribution in [0.3, 0.4) is 0 Å². The molecular weight excluding hydrogens is 321 g/mol. The minimum Gasteiger partial charge on any atom is -0.378 e. The topological polar surface area (TPSA) is 38.8 Å². The number of anilines is 1. The number of benzene rings is 1. The lowest BCUT2D eigenvalue weighted by atomic mass is 10.0. The van der Waals surface area contributed by atoms with Crippen LogP contribution >= 0.6 is 11.6 Å². The average molecular weight is 342 g/mol. The van der Waals surface area contributed by atoms with Gasteiger partial charge in [-0.3, -0.25) is 4.79 Å². The van der Waals surface area contributed by atoms with E-state index in [-0.39, 0.29) is 18.4 Å². The Morgan fingerprint density at radius 2 is 2.30 bits per heavy atom. The van der Waals surface area contributed by atoms with E-state index in [2.05, 4.69) is 0 Å². The van der Waals surface area contributed by atoms with Crippen LogP contribution in [0, 0.1) is 5.82 Å². The second-order valence-electron chi connectivity index (χ2n) is 5.97. The molecule has 4 nitrogen and oxygen atoms in total. The summed E-state index contributed by atoms with van der Waals surface area (Å²) < 4.78 is 25.1. The third-order valence-corrected chi connectivity index (χ3v) is 4.70. The van der Waals surface area contributed by atoms with E-state index in [4.69, 9.17) is 21.1 Å². The van der Waals surface area contributed by atoms with Crippen LogP contribution < -0.4 is 4.90 Å². The average Bonchev–Trinajstić information content (AvgIpc) is 3.08. The van der Waals surface area contributed by atoms with Crippen molar-refractivity contribution in [2.24, 2.45) is 0 Å². The van der Waals surface area contributed by atoms with Gasteiger partial charge in [0.2, 0.25) is 5.91 Å². The van der Waals surface area contributed by atoms with Crippen LogP contribution in [0.25, 0.3) is 0 Å². The van der Waals surface area contributed by atoms with Gasteiger partial charge in [0, 0.05) is 18.2 Å². The summed E-state index contributed by atoms with van der Waals surface area (Å²) in [5.41, 5.74) is 1.07. The lowest BCUT2D eigenvalue weighted by Crippen LogP contribution is -2.37. The van der Waals surface area contributed by atoms with Gasteiger partial charge >= 0.3 is 0 Å². The Bertz CT molecular complexity index is 575. The van der Waals surface area contributed by atoms with E-state index >= 15 is 0 Å². The molecule has 2 aliphatic rings. The predicted molar refractivity (Wildman–Crippen MR) is 86.5 cm³/mol. The summed E-state index contributed by atoms with van der Waals surface area (Å²) in [4.78, 5) is 13.9. The number of fused-ring (bicyclic) bond motifs is 1. The maximum absolute atomic E-state index is 14.2. The first-order valence-corrected chi connectivity index (χ1v) is 8.51. The van der Waals surface area contributed by atoms with Crippen LogP contribution in [0.5, 0.6) is 0 Å². The van der Waals surface area contributed by atoms with Crippen molar-refractivity contribution in [3.63, 3.8) is 0 Å². The number of nitrogens with zero attached hydrogens (tertiary/aromatic N) is 1. The van der Waals surface area contributed by atoms with Crippen molar-refractivity contribution in [1.29, 1.82) is 0 Å². The predicted octanol–water partition coefficient (Wildman–Crippen LogP) is 3.34. The minimum absolute atomic E-state index is 0.126. The highest BCUT2D eigenvalue weighted by molar-refractivity contribution is 6.32. The number of hydrogen-bond acceptors (Lipinski definition) is 3. The molecule has 2 aliphatic heterocycles. The van der Waals surface area contributed by atoms with E-state index in [0.29, 0.717) is 36.9 Å². The fourth-order valence-corrected chi connectivity index (χ4v) is 3.42. The molecule has 0 saturated carbocycles. The molecule has 1 aromatic carbocycles. The van der Waals surface area contributed by atoms with Crippen molar-refractivity contribution in [2.45, 2.75) is 38.2 Å². The molecule has 2 heterocycles. The van der Waals surface area contributed by atoms with Gasteiger partial charge < -0.3 is 14.4 Å². The van der Waals surface area contributed by atoms with Crippen molar-refractivity contribution < 1.29 is 18.7 Å². The fourth-order valence-electron chi connectivity index (χ4n) is 3.17. The third-order valence-electron chi connectivity index (χ3n) is 4.34. The standard InChI is InChI=1S/C17H21ClFNO3/c18-14-5-6-15(19)17-13(14)4-1-8-20(17)16(21)7-10-22-11-12-3-2-9-23-12/h5-6,12H,1-4,7-11H2. The monoisotopic (exact) mass is 341 g/mol. The van der Waals surface area contributed by atoms with Crippen molar-refractivity contribution in [2.75, 3.05) is 31.3 Å². The first kappa shape index (κ1) is 16.7. The number of carbonyl (C=O) groups is 1. The van der Waals surface area contributed by atoms with E-state index in [9.17, 15) is 9.18 Å². The second-order valence-corrected chi connectivity index (χ2v) is 6.37. The smallest absolute Gasteiger partial charge is 0.229 e. The number of ether oxygens (including phenoxy) is 2. The second kappa shape index (κ2) is 7.60. The molecule has 0 aromatic heterocycles. The van der Waals surface area contributed by atoms with Gasteiger partial charge in [0.05, 0.1) is 31.4 Å². The third kappa shape index (κ3) is 3.84. The zero-order valence-electron chi connectivity index (χ0n) is 13.0. The van der Waals surface area contributed by atoms with E-state index in [1.54, 1.807) is 6.07 Å². The molecule has 1 fully saturated rings. The minimum atomic E-state index is -0.391.